The van der Waals surface area contributed by atoms with Gasteiger partial charge in [0.2, 0.25) is 0 Å². The first-order valence-electron chi connectivity index (χ1n) is 5.43. The second-order valence-corrected chi connectivity index (χ2v) is 4.39. The Morgan fingerprint density at radius 1 is 1.29 bits per heavy atom. The molecular formula is C11H16ClN3O2. The van der Waals surface area contributed by atoms with Crippen molar-refractivity contribution in [3.05, 3.63) is 17.2 Å². The van der Waals surface area contributed by atoms with Crippen LogP contribution >= 0.6 is 11.6 Å². The van der Waals surface area contributed by atoms with Crippen molar-refractivity contribution < 1.29 is 9.94 Å². The fraction of sp³-hybridized carbons (Fsp3) is 0.455. The summed E-state index contributed by atoms with van der Waals surface area (Å²) in [5.74, 6) is 0.613. The van der Waals surface area contributed by atoms with Gasteiger partial charge in [-0.3, -0.25) is 0 Å². The minimum absolute atomic E-state index is 0.509. The van der Waals surface area contributed by atoms with Crippen LogP contribution < -0.4 is 15.4 Å². The van der Waals surface area contributed by atoms with Crippen LogP contribution in [0.2, 0.25) is 5.02 Å². The van der Waals surface area contributed by atoms with Crippen LogP contribution in [0.1, 0.15) is 0 Å². The fourth-order valence-corrected chi connectivity index (χ4v) is 2.17. The number of piperazine rings is 1. The second kappa shape index (κ2) is 5.00. The van der Waals surface area contributed by atoms with Gasteiger partial charge in [-0.15, -0.1) is 0 Å². The van der Waals surface area contributed by atoms with Gasteiger partial charge in [-0.1, -0.05) is 11.6 Å². The molecule has 94 valence electrons. The van der Waals surface area contributed by atoms with E-state index in [2.05, 4.69) is 4.90 Å². The molecule has 0 bridgehead atoms. The molecule has 17 heavy (non-hydrogen) atoms. The molecule has 1 saturated heterocycles. The lowest BCUT2D eigenvalue weighted by Crippen LogP contribution is -2.45. The third kappa shape index (κ3) is 2.57. The van der Waals surface area contributed by atoms with Gasteiger partial charge in [0.15, 0.2) is 0 Å². The first kappa shape index (κ1) is 12.3. The number of anilines is 2. The van der Waals surface area contributed by atoms with E-state index in [1.807, 2.05) is 6.07 Å². The Hall–Kier alpha value is -1.17. The third-order valence-electron chi connectivity index (χ3n) is 2.90. The molecule has 0 amide bonds. The number of benzene rings is 1. The third-order valence-corrected chi connectivity index (χ3v) is 3.19. The highest BCUT2D eigenvalue weighted by atomic mass is 35.5. The zero-order chi connectivity index (χ0) is 12.4. The maximum atomic E-state index is 9.32. The maximum absolute atomic E-state index is 9.32. The first-order valence-corrected chi connectivity index (χ1v) is 5.81. The van der Waals surface area contributed by atoms with Crippen LogP contribution in [0.25, 0.3) is 0 Å². The largest absolute Gasteiger partial charge is 0.495 e. The molecule has 6 heteroatoms. The molecule has 0 saturated carbocycles. The summed E-state index contributed by atoms with van der Waals surface area (Å²) >= 11 is 5.99. The van der Waals surface area contributed by atoms with Crippen molar-refractivity contribution in [1.29, 1.82) is 0 Å². The number of hydrogen-bond acceptors (Lipinski definition) is 5. The van der Waals surface area contributed by atoms with E-state index >= 15 is 0 Å². The van der Waals surface area contributed by atoms with E-state index < -0.39 is 0 Å². The van der Waals surface area contributed by atoms with Crippen LogP contribution in [0.3, 0.4) is 0 Å². The molecule has 0 spiro atoms. The van der Waals surface area contributed by atoms with Crippen LogP contribution in [0, 0.1) is 0 Å². The molecule has 2 rings (SSSR count). The van der Waals surface area contributed by atoms with Gasteiger partial charge >= 0.3 is 0 Å². The molecule has 0 atom stereocenters. The summed E-state index contributed by atoms with van der Waals surface area (Å²) < 4.78 is 5.18. The molecular weight excluding hydrogens is 242 g/mol. The van der Waals surface area contributed by atoms with Crippen molar-refractivity contribution in [1.82, 2.24) is 5.06 Å². The molecule has 0 aromatic heterocycles. The topological polar surface area (TPSA) is 62.0 Å². The Balaban J connectivity index is 2.25. The summed E-state index contributed by atoms with van der Waals surface area (Å²) in [6.45, 7) is 2.66. The number of methoxy groups -OCH3 is 1. The number of ether oxygens (including phenoxy) is 1. The zero-order valence-corrected chi connectivity index (χ0v) is 10.4. The first-order chi connectivity index (χ1) is 8.11. The predicted octanol–water partition coefficient (Wildman–Crippen LogP) is 1.44. The Morgan fingerprint density at radius 2 is 1.94 bits per heavy atom. The lowest BCUT2D eigenvalue weighted by Gasteiger charge is -2.33. The van der Waals surface area contributed by atoms with Crippen molar-refractivity contribution in [2.45, 2.75) is 0 Å². The second-order valence-electron chi connectivity index (χ2n) is 3.99. The van der Waals surface area contributed by atoms with Crippen molar-refractivity contribution in [2.24, 2.45) is 0 Å². The highest BCUT2D eigenvalue weighted by molar-refractivity contribution is 6.32. The molecule has 0 radical (unpaired) electrons. The predicted molar refractivity (Wildman–Crippen MR) is 68.0 cm³/mol. The van der Waals surface area contributed by atoms with Gasteiger partial charge in [0.1, 0.15) is 5.75 Å². The van der Waals surface area contributed by atoms with E-state index in [1.54, 1.807) is 13.2 Å². The lowest BCUT2D eigenvalue weighted by molar-refractivity contribution is -0.0935. The number of hydrogen-bond donors (Lipinski definition) is 2. The highest BCUT2D eigenvalue weighted by Crippen LogP contribution is 2.35. The van der Waals surface area contributed by atoms with E-state index in [0.29, 0.717) is 29.5 Å². The number of halogens is 1. The molecule has 5 nitrogen and oxygen atoms in total. The molecule has 1 aromatic rings. The Bertz CT molecular complexity index is 406. The molecule has 1 heterocycles. The molecule has 1 fully saturated rings. The highest BCUT2D eigenvalue weighted by Gasteiger charge is 2.18. The van der Waals surface area contributed by atoms with Gasteiger partial charge in [0.25, 0.3) is 0 Å². The van der Waals surface area contributed by atoms with Gasteiger partial charge in [-0.05, 0) is 6.07 Å². The summed E-state index contributed by atoms with van der Waals surface area (Å²) in [5.41, 5.74) is 7.48. The summed E-state index contributed by atoms with van der Waals surface area (Å²) in [4.78, 5) is 2.11. The van der Waals surface area contributed by atoms with Gasteiger partial charge < -0.3 is 20.6 Å². The number of rotatable bonds is 2. The van der Waals surface area contributed by atoms with E-state index in [0.717, 1.165) is 18.8 Å². The maximum Gasteiger partial charge on any atom is 0.139 e. The summed E-state index contributed by atoms with van der Waals surface area (Å²) in [6.07, 6.45) is 0. The molecule has 1 aliphatic heterocycles. The quantitative estimate of drug-likeness (QED) is 0.785. The summed E-state index contributed by atoms with van der Waals surface area (Å²) in [7, 11) is 1.58. The van der Waals surface area contributed by atoms with Crippen LogP contribution in [0.15, 0.2) is 12.1 Å². The van der Waals surface area contributed by atoms with Crippen molar-refractivity contribution in [3.63, 3.8) is 0 Å². The van der Waals surface area contributed by atoms with E-state index in [-0.39, 0.29) is 0 Å². The van der Waals surface area contributed by atoms with E-state index in [9.17, 15) is 5.21 Å². The van der Waals surface area contributed by atoms with Crippen molar-refractivity contribution in [2.75, 3.05) is 43.9 Å². The van der Waals surface area contributed by atoms with Crippen LogP contribution in [0.5, 0.6) is 5.75 Å². The van der Waals surface area contributed by atoms with E-state index in [1.165, 1.54) is 5.06 Å². The number of hydroxylamine groups is 2. The van der Waals surface area contributed by atoms with Crippen LogP contribution in [-0.2, 0) is 0 Å². The molecule has 0 unspecified atom stereocenters. The Kier molecular flexibility index (Phi) is 3.61. The lowest BCUT2D eigenvalue weighted by atomic mass is 10.2. The standard InChI is InChI=1S/C11H16ClN3O2/c1-17-11-7-10(9(13)6-8(11)12)14-2-4-15(16)5-3-14/h6-7,16H,2-5,13H2,1H3. The minimum Gasteiger partial charge on any atom is -0.495 e. The number of nitrogens with two attached hydrogens (primary N) is 1. The van der Waals surface area contributed by atoms with Crippen molar-refractivity contribution in [3.8, 4) is 5.75 Å². The van der Waals surface area contributed by atoms with Crippen LogP contribution in [-0.4, -0.2) is 43.6 Å². The van der Waals surface area contributed by atoms with E-state index in [4.69, 9.17) is 22.1 Å². The molecule has 1 aliphatic rings. The Morgan fingerprint density at radius 3 is 2.53 bits per heavy atom. The van der Waals surface area contributed by atoms with Gasteiger partial charge in [0, 0.05) is 32.2 Å². The smallest absolute Gasteiger partial charge is 0.139 e. The number of nitrogen functional groups attached to an aromatic ring is 1. The molecule has 1 aromatic carbocycles. The SMILES string of the molecule is COc1cc(N2CCN(O)CC2)c(N)cc1Cl. The monoisotopic (exact) mass is 257 g/mol. The minimum atomic E-state index is 0.509. The Labute approximate surface area is 105 Å². The van der Waals surface area contributed by atoms with Gasteiger partial charge in [0.05, 0.1) is 23.5 Å². The van der Waals surface area contributed by atoms with Crippen LogP contribution in [0.4, 0.5) is 11.4 Å². The van der Waals surface area contributed by atoms with Crippen molar-refractivity contribution >= 4 is 23.0 Å². The molecule has 0 aliphatic carbocycles. The van der Waals surface area contributed by atoms with Gasteiger partial charge in [-0.2, -0.15) is 5.06 Å². The summed E-state index contributed by atoms with van der Waals surface area (Å²) in [5, 5.41) is 11.1. The fourth-order valence-electron chi connectivity index (χ4n) is 1.93. The average molecular weight is 258 g/mol. The number of nitrogens with zero attached hydrogens (tertiary/aromatic N) is 2. The average Bonchev–Trinajstić information content (AvgIpc) is 2.31. The molecule has 3 N–H and O–H groups in total. The summed E-state index contributed by atoms with van der Waals surface area (Å²) in [6, 6.07) is 3.53. The normalized spacial score (nSPS) is 17.2. The zero-order valence-electron chi connectivity index (χ0n) is 9.69. The van der Waals surface area contributed by atoms with Gasteiger partial charge in [-0.25, -0.2) is 0 Å².